The number of fused-ring (bicyclic) bond motifs is 1. The Morgan fingerprint density at radius 1 is 1.20 bits per heavy atom. The van der Waals surface area contributed by atoms with Gasteiger partial charge in [0.15, 0.2) is 5.82 Å². The standard InChI is InChI=1S/C21H20FN5O3/c1-25-23-8-20(24-25)26-9-14-3-2-13(6-15(14)10-26)18-5-4-16(7-19(18)22)27-11-17(12-28)30-21(27)29/h2-8,17,28H,9-12H2,1H3. The summed E-state index contributed by atoms with van der Waals surface area (Å²) >= 11 is 0. The molecule has 1 atom stereocenters. The van der Waals surface area contributed by atoms with Crippen molar-refractivity contribution in [2.75, 3.05) is 23.0 Å². The number of ether oxygens (including phenoxy) is 1. The SMILES string of the molecule is Cn1ncc(N2Cc3ccc(-c4ccc(N5CC(CO)OC5=O)cc4F)cc3C2)n1. The van der Waals surface area contributed by atoms with Crippen molar-refractivity contribution in [2.45, 2.75) is 19.2 Å². The van der Waals surface area contributed by atoms with Gasteiger partial charge < -0.3 is 14.7 Å². The number of hydrogen-bond acceptors (Lipinski definition) is 6. The van der Waals surface area contributed by atoms with Crippen LogP contribution in [0.1, 0.15) is 11.1 Å². The van der Waals surface area contributed by atoms with Gasteiger partial charge in [-0.1, -0.05) is 12.1 Å². The first-order valence-electron chi connectivity index (χ1n) is 9.64. The fourth-order valence-corrected chi connectivity index (χ4v) is 3.94. The number of hydrogen-bond donors (Lipinski definition) is 1. The van der Waals surface area contributed by atoms with Crippen LogP contribution in [0.5, 0.6) is 0 Å². The minimum Gasteiger partial charge on any atom is -0.441 e. The van der Waals surface area contributed by atoms with Crippen molar-refractivity contribution in [1.82, 2.24) is 15.0 Å². The Morgan fingerprint density at radius 2 is 2.03 bits per heavy atom. The molecule has 154 valence electrons. The highest BCUT2D eigenvalue weighted by molar-refractivity contribution is 5.90. The predicted octanol–water partition coefficient (Wildman–Crippen LogP) is 2.46. The summed E-state index contributed by atoms with van der Waals surface area (Å²) in [5, 5.41) is 17.6. The van der Waals surface area contributed by atoms with E-state index < -0.39 is 18.0 Å². The van der Waals surface area contributed by atoms with Gasteiger partial charge in [0.2, 0.25) is 0 Å². The van der Waals surface area contributed by atoms with Crippen molar-refractivity contribution in [3.8, 4) is 11.1 Å². The molecule has 5 rings (SSSR count). The van der Waals surface area contributed by atoms with E-state index in [4.69, 9.17) is 4.74 Å². The third-order valence-corrected chi connectivity index (χ3v) is 5.49. The van der Waals surface area contributed by atoms with Gasteiger partial charge in [0, 0.05) is 25.7 Å². The smallest absolute Gasteiger partial charge is 0.414 e. The molecular weight excluding hydrogens is 389 g/mol. The average Bonchev–Trinajstić information content (AvgIpc) is 3.44. The minimum atomic E-state index is -0.589. The lowest BCUT2D eigenvalue weighted by Crippen LogP contribution is -2.25. The molecule has 0 bridgehead atoms. The highest BCUT2D eigenvalue weighted by atomic mass is 19.1. The number of aryl methyl sites for hydroxylation is 1. The molecule has 2 aliphatic rings. The second kappa shape index (κ2) is 7.10. The number of aliphatic hydroxyl groups excluding tert-OH is 1. The molecule has 1 N–H and O–H groups in total. The van der Waals surface area contributed by atoms with Crippen molar-refractivity contribution in [1.29, 1.82) is 0 Å². The molecule has 9 heteroatoms. The Labute approximate surface area is 172 Å². The largest absolute Gasteiger partial charge is 0.441 e. The van der Waals surface area contributed by atoms with Gasteiger partial charge in [0.25, 0.3) is 0 Å². The Balaban J connectivity index is 1.39. The van der Waals surface area contributed by atoms with E-state index in [9.17, 15) is 14.3 Å². The minimum absolute atomic E-state index is 0.200. The van der Waals surface area contributed by atoms with Crippen LogP contribution in [-0.2, 0) is 24.9 Å². The molecule has 1 fully saturated rings. The third-order valence-electron chi connectivity index (χ3n) is 5.49. The van der Waals surface area contributed by atoms with Gasteiger partial charge >= 0.3 is 6.09 Å². The number of carbonyl (C=O) groups is 1. The quantitative estimate of drug-likeness (QED) is 0.713. The van der Waals surface area contributed by atoms with Crippen LogP contribution in [0, 0.1) is 5.82 Å². The molecule has 1 unspecified atom stereocenters. The van der Waals surface area contributed by atoms with Crippen LogP contribution in [0.4, 0.5) is 20.7 Å². The van der Waals surface area contributed by atoms with Gasteiger partial charge in [-0.2, -0.15) is 9.90 Å². The first-order valence-corrected chi connectivity index (χ1v) is 9.64. The molecular formula is C21H20FN5O3. The second-order valence-corrected chi connectivity index (χ2v) is 7.49. The number of aromatic nitrogens is 3. The van der Waals surface area contributed by atoms with E-state index in [1.54, 1.807) is 25.4 Å². The summed E-state index contributed by atoms with van der Waals surface area (Å²) < 4.78 is 20.0. The topological polar surface area (TPSA) is 83.7 Å². The Kier molecular flexibility index (Phi) is 4.39. The number of amides is 1. The molecule has 1 aromatic heterocycles. The van der Waals surface area contributed by atoms with Crippen LogP contribution in [-0.4, -0.2) is 45.4 Å². The molecule has 3 heterocycles. The van der Waals surface area contributed by atoms with Crippen LogP contribution in [0.15, 0.2) is 42.6 Å². The number of nitrogens with zero attached hydrogens (tertiary/aromatic N) is 5. The van der Waals surface area contributed by atoms with Gasteiger partial charge in [-0.15, -0.1) is 5.10 Å². The fourth-order valence-electron chi connectivity index (χ4n) is 3.94. The lowest BCUT2D eigenvalue weighted by atomic mass is 10.00. The van der Waals surface area contributed by atoms with Crippen LogP contribution < -0.4 is 9.80 Å². The molecule has 8 nitrogen and oxygen atoms in total. The summed E-state index contributed by atoms with van der Waals surface area (Å²) in [6, 6.07) is 10.6. The van der Waals surface area contributed by atoms with Crippen molar-refractivity contribution < 1.29 is 19.0 Å². The maximum Gasteiger partial charge on any atom is 0.414 e. The molecule has 2 aromatic carbocycles. The zero-order valence-electron chi connectivity index (χ0n) is 16.3. The Hall–Kier alpha value is -3.46. The van der Waals surface area contributed by atoms with E-state index in [-0.39, 0.29) is 13.2 Å². The molecule has 1 amide bonds. The molecule has 0 spiro atoms. The molecule has 3 aromatic rings. The zero-order valence-corrected chi connectivity index (χ0v) is 16.3. The van der Waals surface area contributed by atoms with Crippen LogP contribution in [0.2, 0.25) is 0 Å². The summed E-state index contributed by atoms with van der Waals surface area (Å²) in [5.41, 5.74) is 3.95. The molecule has 2 aliphatic heterocycles. The number of cyclic esters (lactones) is 1. The van der Waals surface area contributed by atoms with E-state index in [0.29, 0.717) is 17.8 Å². The molecule has 0 saturated carbocycles. The van der Waals surface area contributed by atoms with Gasteiger partial charge in [0.05, 0.1) is 25.0 Å². The van der Waals surface area contributed by atoms with Crippen LogP contribution in [0.3, 0.4) is 0 Å². The van der Waals surface area contributed by atoms with Gasteiger partial charge in [0.1, 0.15) is 11.9 Å². The van der Waals surface area contributed by atoms with Gasteiger partial charge in [-0.3, -0.25) is 4.90 Å². The number of halogens is 1. The van der Waals surface area contributed by atoms with Gasteiger partial charge in [-0.05, 0) is 41.0 Å². The van der Waals surface area contributed by atoms with Crippen molar-refractivity contribution in [3.63, 3.8) is 0 Å². The van der Waals surface area contributed by atoms with Crippen LogP contribution in [0.25, 0.3) is 11.1 Å². The number of anilines is 2. The predicted molar refractivity (Wildman–Crippen MR) is 107 cm³/mol. The molecule has 0 radical (unpaired) electrons. The monoisotopic (exact) mass is 409 g/mol. The summed E-state index contributed by atoms with van der Waals surface area (Å²) in [5.74, 6) is 0.390. The van der Waals surface area contributed by atoms with Gasteiger partial charge in [-0.25, -0.2) is 9.18 Å². The van der Waals surface area contributed by atoms with E-state index in [1.807, 2.05) is 18.2 Å². The highest BCUT2D eigenvalue weighted by Gasteiger charge is 2.32. The molecule has 0 aliphatic carbocycles. The summed E-state index contributed by atoms with van der Waals surface area (Å²) in [6.07, 6.45) is 0.563. The number of carbonyl (C=O) groups excluding carboxylic acids is 1. The van der Waals surface area contributed by atoms with E-state index in [0.717, 1.165) is 23.5 Å². The highest BCUT2D eigenvalue weighted by Crippen LogP contribution is 2.33. The third kappa shape index (κ3) is 3.17. The fraction of sp³-hybridized carbons (Fsp3) is 0.286. The second-order valence-electron chi connectivity index (χ2n) is 7.49. The number of benzene rings is 2. The first-order chi connectivity index (χ1) is 14.5. The first kappa shape index (κ1) is 18.6. The lowest BCUT2D eigenvalue weighted by Gasteiger charge is -2.14. The maximum absolute atomic E-state index is 14.9. The Morgan fingerprint density at radius 3 is 2.73 bits per heavy atom. The maximum atomic E-state index is 14.9. The molecule has 1 saturated heterocycles. The van der Waals surface area contributed by atoms with Crippen molar-refractivity contribution in [3.05, 3.63) is 59.5 Å². The summed E-state index contributed by atoms with van der Waals surface area (Å²) in [6.45, 7) is 1.36. The number of rotatable bonds is 4. The summed E-state index contributed by atoms with van der Waals surface area (Å²) in [7, 11) is 1.78. The number of aliphatic hydroxyl groups is 1. The Bertz CT molecular complexity index is 1130. The average molecular weight is 409 g/mol. The normalized spacial score (nSPS) is 18.1. The zero-order chi connectivity index (χ0) is 20.8. The van der Waals surface area contributed by atoms with Crippen molar-refractivity contribution >= 4 is 17.6 Å². The van der Waals surface area contributed by atoms with Crippen LogP contribution >= 0.6 is 0 Å². The summed E-state index contributed by atoms with van der Waals surface area (Å²) in [4.78, 5) is 16.9. The van der Waals surface area contributed by atoms with Crippen molar-refractivity contribution in [2.24, 2.45) is 7.05 Å². The van der Waals surface area contributed by atoms with E-state index >= 15 is 0 Å². The lowest BCUT2D eigenvalue weighted by molar-refractivity contribution is 0.0963. The van der Waals surface area contributed by atoms with E-state index in [2.05, 4.69) is 15.1 Å². The molecule has 30 heavy (non-hydrogen) atoms. The van der Waals surface area contributed by atoms with E-state index in [1.165, 1.54) is 21.3 Å².